The Labute approximate surface area is 201 Å². The van der Waals surface area contributed by atoms with Gasteiger partial charge in [-0.3, -0.25) is 9.59 Å². The van der Waals surface area contributed by atoms with E-state index in [0.717, 1.165) is 15.2 Å². The molecule has 0 spiro atoms. The maximum Gasteiger partial charge on any atom is 0.265 e. The van der Waals surface area contributed by atoms with Gasteiger partial charge in [0.2, 0.25) is 0 Å². The van der Waals surface area contributed by atoms with Crippen LogP contribution in [0.5, 0.6) is 0 Å². The lowest BCUT2D eigenvalue weighted by Crippen LogP contribution is -2.22. The first-order valence-corrected chi connectivity index (χ1v) is 12.0. The zero-order valence-electron chi connectivity index (χ0n) is 17.0. The van der Waals surface area contributed by atoms with Crippen molar-refractivity contribution in [1.82, 2.24) is 10.3 Å². The Morgan fingerprint density at radius 2 is 1.88 bits per heavy atom. The molecule has 0 aliphatic heterocycles. The van der Waals surface area contributed by atoms with Gasteiger partial charge in [0.15, 0.2) is 10.8 Å². The Hall–Kier alpha value is -3.46. The van der Waals surface area contributed by atoms with Crippen molar-refractivity contribution in [1.29, 1.82) is 0 Å². The topological polar surface area (TPSA) is 84.2 Å². The number of thiophene rings is 1. The average molecular weight is 494 g/mol. The molecule has 0 fully saturated rings. The number of amides is 2. The third-order valence-electron chi connectivity index (χ3n) is 4.81. The maximum absolute atomic E-state index is 12.7. The number of carbonyl (C=O) groups is 2. The number of fused-ring (bicyclic) bond motifs is 1. The number of carbonyl (C=O) groups excluding carboxylic acids is 2. The molecule has 0 atom stereocenters. The Balaban J connectivity index is 1.25. The number of thiazole rings is 1. The zero-order chi connectivity index (χ0) is 22.8. The van der Waals surface area contributed by atoms with Gasteiger partial charge in [0.1, 0.15) is 5.76 Å². The lowest BCUT2D eigenvalue weighted by molar-refractivity contribution is 0.0947. The number of aromatic nitrogens is 1. The molecule has 5 aromatic rings. The summed E-state index contributed by atoms with van der Waals surface area (Å²) in [5, 5.41) is 8.54. The second kappa shape index (κ2) is 9.19. The van der Waals surface area contributed by atoms with Crippen LogP contribution in [0.15, 0.2) is 76.5 Å². The van der Waals surface area contributed by atoms with Gasteiger partial charge >= 0.3 is 0 Å². The summed E-state index contributed by atoms with van der Waals surface area (Å²) in [5.41, 5.74) is 1.67. The van der Waals surface area contributed by atoms with Crippen LogP contribution in [0.2, 0.25) is 5.02 Å². The molecule has 2 N–H and O–H groups in total. The highest BCUT2D eigenvalue weighted by atomic mass is 35.5. The summed E-state index contributed by atoms with van der Waals surface area (Å²) in [4.78, 5) is 30.1. The molecule has 0 unspecified atom stereocenters. The number of benzene rings is 2. The molecular formula is C24H16ClN3O3S2. The molecule has 0 saturated heterocycles. The van der Waals surface area contributed by atoms with Crippen molar-refractivity contribution in [2.75, 3.05) is 5.32 Å². The fraction of sp³-hybridized carbons (Fsp3) is 0.0417. The van der Waals surface area contributed by atoms with Crippen LogP contribution in [-0.2, 0) is 6.54 Å². The minimum atomic E-state index is -0.309. The van der Waals surface area contributed by atoms with Gasteiger partial charge < -0.3 is 15.1 Å². The fourth-order valence-electron chi connectivity index (χ4n) is 3.19. The van der Waals surface area contributed by atoms with Crippen molar-refractivity contribution in [3.63, 3.8) is 0 Å². The number of furan rings is 1. The second-order valence-corrected chi connectivity index (χ2v) is 9.45. The monoisotopic (exact) mass is 493 g/mol. The Kier molecular flexibility index (Phi) is 5.95. The number of nitrogens with one attached hydrogen (secondary N) is 2. The molecule has 0 aliphatic rings. The first kappa shape index (κ1) is 21.4. The Morgan fingerprint density at radius 1 is 1.00 bits per heavy atom. The highest BCUT2D eigenvalue weighted by Gasteiger charge is 2.14. The van der Waals surface area contributed by atoms with Gasteiger partial charge in [-0.05, 0) is 53.9 Å². The van der Waals surface area contributed by atoms with E-state index in [4.69, 9.17) is 16.0 Å². The molecule has 5 rings (SSSR count). The molecule has 0 saturated carbocycles. The van der Waals surface area contributed by atoms with Gasteiger partial charge in [0.25, 0.3) is 11.8 Å². The first-order chi connectivity index (χ1) is 16.1. The van der Waals surface area contributed by atoms with Crippen LogP contribution in [0, 0.1) is 0 Å². The molecule has 3 aromatic heterocycles. The summed E-state index contributed by atoms with van der Waals surface area (Å²) in [5.74, 6) is 0.682. The van der Waals surface area contributed by atoms with Gasteiger partial charge in [0.05, 0.1) is 32.3 Å². The fourth-order valence-corrected chi connectivity index (χ4v) is 4.90. The van der Waals surface area contributed by atoms with Crippen LogP contribution in [-0.4, -0.2) is 16.8 Å². The average Bonchev–Trinajstić information content (AvgIpc) is 3.59. The van der Waals surface area contributed by atoms with E-state index in [1.807, 2.05) is 41.8 Å². The standard InChI is InChI=1S/C24H16ClN3O3S2/c25-16-9-7-14(12-18(16)27-23(30)21-6-3-11-32-21)22(29)26-13-15-8-10-19(31-15)24-28-17-4-1-2-5-20(17)33-24/h1-12H,13H2,(H,26,29)(H,27,30). The smallest absolute Gasteiger partial charge is 0.265 e. The van der Waals surface area contributed by atoms with E-state index >= 15 is 0 Å². The zero-order valence-corrected chi connectivity index (χ0v) is 19.4. The number of para-hydroxylation sites is 1. The molecule has 33 heavy (non-hydrogen) atoms. The third kappa shape index (κ3) is 4.68. The maximum atomic E-state index is 12.7. The van der Waals surface area contributed by atoms with Crippen molar-refractivity contribution in [3.05, 3.63) is 93.3 Å². The molecular weight excluding hydrogens is 478 g/mol. The van der Waals surface area contributed by atoms with Crippen molar-refractivity contribution in [3.8, 4) is 10.8 Å². The third-order valence-corrected chi connectivity index (χ3v) is 7.06. The van der Waals surface area contributed by atoms with Crippen LogP contribution in [0.25, 0.3) is 21.0 Å². The number of nitrogens with zero attached hydrogens (tertiary/aromatic N) is 1. The van der Waals surface area contributed by atoms with Crippen LogP contribution in [0.1, 0.15) is 25.8 Å². The summed E-state index contributed by atoms with van der Waals surface area (Å²) in [6.45, 7) is 0.212. The Bertz CT molecular complexity index is 1420. The summed E-state index contributed by atoms with van der Waals surface area (Å²) >= 11 is 9.08. The number of halogens is 1. The molecule has 0 radical (unpaired) electrons. The molecule has 2 aromatic carbocycles. The Morgan fingerprint density at radius 3 is 2.70 bits per heavy atom. The largest absolute Gasteiger partial charge is 0.457 e. The summed E-state index contributed by atoms with van der Waals surface area (Å²) in [6.07, 6.45) is 0. The quantitative estimate of drug-likeness (QED) is 0.284. The SMILES string of the molecule is O=C(NCc1ccc(-c2nc3ccccc3s2)o1)c1ccc(Cl)c(NC(=O)c2cccs2)c1. The molecule has 0 aliphatic carbocycles. The predicted octanol–water partition coefficient (Wildman–Crippen LogP) is 6.45. The predicted molar refractivity (Wildman–Crippen MR) is 132 cm³/mol. The van der Waals surface area contributed by atoms with E-state index < -0.39 is 0 Å². The molecule has 3 heterocycles. The number of hydrogen-bond donors (Lipinski definition) is 2. The highest BCUT2D eigenvalue weighted by Crippen LogP contribution is 2.31. The summed E-state index contributed by atoms with van der Waals surface area (Å²) in [6, 6.07) is 19.8. The minimum Gasteiger partial charge on any atom is -0.457 e. The van der Waals surface area contributed by atoms with Gasteiger partial charge in [-0.15, -0.1) is 22.7 Å². The number of anilines is 1. The van der Waals surface area contributed by atoms with E-state index in [2.05, 4.69) is 15.6 Å². The van der Waals surface area contributed by atoms with E-state index in [0.29, 0.717) is 32.7 Å². The van der Waals surface area contributed by atoms with E-state index in [1.165, 1.54) is 11.3 Å². The van der Waals surface area contributed by atoms with Crippen LogP contribution >= 0.6 is 34.3 Å². The van der Waals surface area contributed by atoms with Crippen molar-refractivity contribution >= 4 is 62.0 Å². The summed E-state index contributed by atoms with van der Waals surface area (Å²) in [7, 11) is 0. The van der Waals surface area contributed by atoms with Crippen LogP contribution in [0.3, 0.4) is 0 Å². The second-order valence-electron chi connectivity index (χ2n) is 7.06. The lowest BCUT2D eigenvalue weighted by Gasteiger charge is -2.09. The molecule has 9 heteroatoms. The van der Waals surface area contributed by atoms with E-state index in [-0.39, 0.29) is 18.4 Å². The molecule has 0 bridgehead atoms. The van der Waals surface area contributed by atoms with Crippen LogP contribution in [0.4, 0.5) is 5.69 Å². The number of rotatable bonds is 6. The van der Waals surface area contributed by atoms with Crippen molar-refractivity contribution < 1.29 is 14.0 Å². The molecule has 164 valence electrons. The highest BCUT2D eigenvalue weighted by molar-refractivity contribution is 7.21. The minimum absolute atomic E-state index is 0.212. The van der Waals surface area contributed by atoms with Gasteiger partial charge in [-0.2, -0.15) is 0 Å². The van der Waals surface area contributed by atoms with E-state index in [1.54, 1.807) is 41.7 Å². The van der Waals surface area contributed by atoms with Crippen molar-refractivity contribution in [2.24, 2.45) is 0 Å². The molecule has 2 amide bonds. The van der Waals surface area contributed by atoms with Crippen molar-refractivity contribution in [2.45, 2.75) is 6.54 Å². The lowest BCUT2D eigenvalue weighted by atomic mass is 10.2. The normalized spacial score (nSPS) is 10.9. The van der Waals surface area contributed by atoms with Gasteiger partial charge in [0, 0.05) is 5.56 Å². The molecule has 6 nitrogen and oxygen atoms in total. The van der Waals surface area contributed by atoms with Crippen LogP contribution < -0.4 is 10.6 Å². The number of hydrogen-bond acceptors (Lipinski definition) is 6. The summed E-state index contributed by atoms with van der Waals surface area (Å²) < 4.78 is 6.97. The van der Waals surface area contributed by atoms with Gasteiger partial charge in [-0.1, -0.05) is 29.8 Å². The van der Waals surface area contributed by atoms with Gasteiger partial charge in [-0.25, -0.2) is 4.98 Å². The van der Waals surface area contributed by atoms with E-state index in [9.17, 15) is 9.59 Å². The first-order valence-electron chi connectivity index (χ1n) is 9.94.